The van der Waals surface area contributed by atoms with Crippen molar-refractivity contribution in [2.75, 3.05) is 5.32 Å². The Morgan fingerprint density at radius 3 is 2.50 bits per heavy atom. The van der Waals surface area contributed by atoms with Crippen molar-refractivity contribution in [3.8, 4) is 5.75 Å². The molecular weight excluding hydrogens is 484 g/mol. The number of anilines is 1. The molecule has 0 aliphatic carbocycles. The normalized spacial score (nSPS) is 10.6. The first-order valence-corrected chi connectivity index (χ1v) is 9.83. The van der Waals surface area contributed by atoms with E-state index < -0.39 is 0 Å². The van der Waals surface area contributed by atoms with Crippen LogP contribution in [0.3, 0.4) is 0 Å². The maximum absolute atomic E-state index is 13.7. The third-order valence-electron chi connectivity index (χ3n) is 3.75. The molecular formula is C20H15Br2ClFNO. The lowest BCUT2D eigenvalue weighted by atomic mass is 10.2. The SMILES string of the molecule is Fc1ccccc1COc1ccc(CNc2ccc(Br)c(Cl)c2)cc1Br. The molecule has 3 aromatic rings. The minimum atomic E-state index is -0.266. The van der Waals surface area contributed by atoms with Crippen LogP contribution in [-0.2, 0) is 13.2 Å². The van der Waals surface area contributed by atoms with Gasteiger partial charge in [0.1, 0.15) is 18.2 Å². The lowest BCUT2D eigenvalue weighted by Crippen LogP contribution is -2.01. The molecule has 0 aliphatic rings. The number of ether oxygens (including phenoxy) is 1. The van der Waals surface area contributed by atoms with Crippen molar-refractivity contribution in [1.82, 2.24) is 0 Å². The topological polar surface area (TPSA) is 21.3 Å². The summed E-state index contributed by atoms with van der Waals surface area (Å²) in [5.41, 5.74) is 2.54. The first kappa shape index (κ1) is 19.2. The summed E-state index contributed by atoms with van der Waals surface area (Å²) in [7, 11) is 0. The average Bonchev–Trinajstić information content (AvgIpc) is 2.63. The highest BCUT2D eigenvalue weighted by molar-refractivity contribution is 9.10. The largest absolute Gasteiger partial charge is 0.488 e. The van der Waals surface area contributed by atoms with Gasteiger partial charge in [0.15, 0.2) is 0 Å². The molecule has 0 aromatic heterocycles. The van der Waals surface area contributed by atoms with Crippen LogP contribution in [0.15, 0.2) is 69.6 Å². The van der Waals surface area contributed by atoms with E-state index in [9.17, 15) is 4.39 Å². The predicted octanol–water partition coefficient (Wildman–Crippen LogP) is 7.20. The molecule has 0 saturated carbocycles. The van der Waals surface area contributed by atoms with Gasteiger partial charge in [-0.25, -0.2) is 4.39 Å². The van der Waals surface area contributed by atoms with Crippen LogP contribution in [-0.4, -0.2) is 0 Å². The van der Waals surface area contributed by atoms with Crippen LogP contribution in [0.2, 0.25) is 5.02 Å². The van der Waals surface area contributed by atoms with Crippen LogP contribution in [0, 0.1) is 5.82 Å². The van der Waals surface area contributed by atoms with E-state index in [1.807, 2.05) is 36.4 Å². The number of rotatable bonds is 6. The van der Waals surface area contributed by atoms with Crippen LogP contribution < -0.4 is 10.1 Å². The summed E-state index contributed by atoms with van der Waals surface area (Å²) in [5.74, 6) is 0.404. The molecule has 0 atom stereocenters. The summed E-state index contributed by atoms with van der Waals surface area (Å²) >= 11 is 13.0. The summed E-state index contributed by atoms with van der Waals surface area (Å²) in [6.07, 6.45) is 0. The molecule has 0 amide bonds. The summed E-state index contributed by atoms with van der Waals surface area (Å²) in [6.45, 7) is 0.824. The zero-order valence-corrected chi connectivity index (χ0v) is 17.5. The average molecular weight is 500 g/mol. The Morgan fingerprint density at radius 2 is 1.77 bits per heavy atom. The standard InChI is InChI=1S/C20H15Br2ClFNO/c21-16-7-6-15(10-18(16)23)25-11-13-5-8-20(17(22)9-13)26-12-14-3-1-2-4-19(14)24/h1-10,25H,11-12H2. The van der Waals surface area contributed by atoms with E-state index >= 15 is 0 Å². The van der Waals surface area contributed by atoms with E-state index in [1.165, 1.54) is 6.07 Å². The second-order valence-electron chi connectivity index (χ2n) is 5.63. The van der Waals surface area contributed by atoms with Gasteiger partial charge in [0.2, 0.25) is 0 Å². The van der Waals surface area contributed by atoms with E-state index in [-0.39, 0.29) is 12.4 Å². The van der Waals surface area contributed by atoms with Crippen LogP contribution in [0.1, 0.15) is 11.1 Å². The minimum absolute atomic E-state index is 0.181. The second kappa shape index (κ2) is 8.89. The maximum atomic E-state index is 13.7. The first-order chi connectivity index (χ1) is 12.5. The number of benzene rings is 3. The molecule has 0 saturated heterocycles. The van der Waals surface area contributed by atoms with Gasteiger partial charge in [-0.05, 0) is 73.8 Å². The van der Waals surface area contributed by atoms with E-state index in [0.717, 1.165) is 20.2 Å². The molecule has 0 unspecified atom stereocenters. The number of hydrogen-bond donors (Lipinski definition) is 1. The van der Waals surface area contributed by atoms with Crippen molar-refractivity contribution in [3.05, 3.63) is 91.6 Å². The Hall–Kier alpha value is -1.56. The summed E-state index contributed by atoms with van der Waals surface area (Å²) in [6, 6.07) is 18.1. The quantitative estimate of drug-likeness (QED) is 0.387. The van der Waals surface area contributed by atoms with Crippen LogP contribution >= 0.6 is 43.5 Å². The number of halogens is 4. The van der Waals surface area contributed by atoms with Crippen molar-refractivity contribution < 1.29 is 9.13 Å². The molecule has 134 valence electrons. The molecule has 0 bridgehead atoms. The Bertz CT molecular complexity index is 920. The molecule has 3 rings (SSSR count). The zero-order valence-electron chi connectivity index (χ0n) is 13.6. The molecule has 0 radical (unpaired) electrons. The van der Waals surface area contributed by atoms with Crippen molar-refractivity contribution in [2.45, 2.75) is 13.2 Å². The number of nitrogens with one attached hydrogen (secondary N) is 1. The lowest BCUT2D eigenvalue weighted by molar-refractivity contribution is 0.298. The van der Waals surface area contributed by atoms with Gasteiger partial charge in [0, 0.05) is 22.3 Å². The Kier molecular flexibility index (Phi) is 6.57. The fourth-order valence-electron chi connectivity index (χ4n) is 2.35. The third-order valence-corrected chi connectivity index (χ3v) is 5.61. The van der Waals surface area contributed by atoms with Gasteiger partial charge in [0.25, 0.3) is 0 Å². The molecule has 0 spiro atoms. The molecule has 26 heavy (non-hydrogen) atoms. The van der Waals surface area contributed by atoms with E-state index in [2.05, 4.69) is 37.2 Å². The van der Waals surface area contributed by atoms with E-state index in [0.29, 0.717) is 22.9 Å². The predicted molar refractivity (Wildman–Crippen MR) is 111 cm³/mol. The van der Waals surface area contributed by atoms with Crippen LogP contribution in [0.25, 0.3) is 0 Å². The van der Waals surface area contributed by atoms with Gasteiger partial charge in [-0.15, -0.1) is 0 Å². The van der Waals surface area contributed by atoms with Crippen LogP contribution in [0.4, 0.5) is 10.1 Å². The Morgan fingerprint density at radius 1 is 0.962 bits per heavy atom. The molecule has 3 aromatic carbocycles. The maximum Gasteiger partial charge on any atom is 0.134 e. The highest BCUT2D eigenvalue weighted by Crippen LogP contribution is 2.28. The van der Waals surface area contributed by atoms with Gasteiger partial charge in [-0.3, -0.25) is 0 Å². The monoisotopic (exact) mass is 497 g/mol. The van der Waals surface area contributed by atoms with Crippen molar-refractivity contribution >= 4 is 49.1 Å². The number of hydrogen-bond acceptors (Lipinski definition) is 2. The fraction of sp³-hybridized carbons (Fsp3) is 0.100. The third kappa shape index (κ3) is 5.00. The second-order valence-corrected chi connectivity index (χ2v) is 7.74. The molecule has 2 nitrogen and oxygen atoms in total. The van der Waals surface area contributed by atoms with Gasteiger partial charge >= 0.3 is 0 Å². The molecule has 1 N–H and O–H groups in total. The highest BCUT2D eigenvalue weighted by atomic mass is 79.9. The van der Waals surface area contributed by atoms with Crippen molar-refractivity contribution in [3.63, 3.8) is 0 Å². The molecule has 6 heteroatoms. The summed E-state index contributed by atoms with van der Waals surface area (Å²) < 4.78 is 21.1. The van der Waals surface area contributed by atoms with Gasteiger partial charge < -0.3 is 10.1 Å². The Labute approximate surface area is 173 Å². The zero-order chi connectivity index (χ0) is 18.5. The molecule has 0 heterocycles. The Balaban J connectivity index is 1.61. The molecule has 0 aliphatic heterocycles. The fourth-order valence-corrected chi connectivity index (χ4v) is 3.32. The smallest absolute Gasteiger partial charge is 0.134 e. The highest BCUT2D eigenvalue weighted by Gasteiger charge is 2.06. The van der Waals surface area contributed by atoms with Gasteiger partial charge in [-0.2, -0.15) is 0 Å². The van der Waals surface area contributed by atoms with E-state index in [4.69, 9.17) is 16.3 Å². The van der Waals surface area contributed by atoms with Crippen LogP contribution in [0.5, 0.6) is 5.75 Å². The lowest BCUT2D eigenvalue weighted by Gasteiger charge is -2.12. The van der Waals surface area contributed by atoms with Crippen molar-refractivity contribution in [1.29, 1.82) is 0 Å². The summed E-state index contributed by atoms with van der Waals surface area (Å²) in [5, 5.41) is 3.98. The van der Waals surface area contributed by atoms with Crippen molar-refractivity contribution in [2.24, 2.45) is 0 Å². The van der Waals surface area contributed by atoms with Gasteiger partial charge in [0.05, 0.1) is 9.50 Å². The first-order valence-electron chi connectivity index (χ1n) is 7.86. The van der Waals surface area contributed by atoms with Gasteiger partial charge in [-0.1, -0.05) is 35.9 Å². The summed E-state index contributed by atoms with van der Waals surface area (Å²) in [4.78, 5) is 0. The van der Waals surface area contributed by atoms with E-state index in [1.54, 1.807) is 18.2 Å². The molecule has 0 fully saturated rings. The minimum Gasteiger partial charge on any atom is -0.488 e.